The Labute approximate surface area is 149 Å². The molecule has 4 rings (SSSR count). The van der Waals surface area contributed by atoms with Crippen molar-refractivity contribution in [1.29, 1.82) is 0 Å². The second-order valence-corrected chi connectivity index (χ2v) is 6.54. The van der Waals surface area contributed by atoms with Gasteiger partial charge in [-0.05, 0) is 13.0 Å². The lowest BCUT2D eigenvalue weighted by molar-refractivity contribution is 0.122. The number of nitrogens with zero attached hydrogens (tertiary/aromatic N) is 5. The van der Waals surface area contributed by atoms with Crippen LogP contribution in [0.3, 0.4) is 0 Å². The third-order valence-corrected chi connectivity index (χ3v) is 4.69. The summed E-state index contributed by atoms with van der Waals surface area (Å²) < 4.78 is 5.41. The summed E-state index contributed by atoms with van der Waals surface area (Å²) in [5, 5.41) is 6.06. The van der Waals surface area contributed by atoms with Crippen molar-refractivity contribution >= 4 is 28.0 Å². The molecule has 0 aliphatic carbocycles. The molecule has 3 aromatic rings. The van der Waals surface area contributed by atoms with E-state index in [0.717, 1.165) is 60.0 Å². The van der Waals surface area contributed by atoms with Crippen molar-refractivity contribution in [2.75, 3.05) is 36.5 Å². The zero-order valence-electron chi connectivity index (χ0n) is 13.8. The first kappa shape index (κ1) is 15.9. The molecule has 1 aliphatic rings. The van der Waals surface area contributed by atoms with Gasteiger partial charge in [0.2, 0.25) is 0 Å². The second-order valence-electron chi connectivity index (χ2n) is 5.68. The SMILES string of the molecule is Cc1ncc(-c2csc(Nc3cc(N4CCOCC4)ccn3)n2)cn1. The summed E-state index contributed by atoms with van der Waals surface area (Å²) in [6, 6.07) is 4.06. The van der Waals surface area contributed by atoms with E-state index < -0.39 is 0 Å². The Balaban J connectivity index is 1.50. The van der Waals surface area contributed by atoms with Gasteiger partial charge in [-0.3, -0.25) is 0 Å². The molecule has 0 spiro atoms. The number of anilines is 3. The summed E-state index contributed by atoms with van der Waals surface area (Å²) >= 11 is 1.53. The van der Waals surface area contributed by atoms with Crippen molar-refractivity contribution in [2.45, 2.75) is 6.92 Å². The van der Waals surface area contributed by atoms with Crippen LogP contribution in [0.5, 0.6) is 0 Å². The molecule has 0 aromatic carbocycles. The van der Waals surface area contributed by atoms with Crippen LogP contribution in [0.4, 0.5) is 16.6 Å². The number of thiazole rings is 1. The molecule has 0 radical (unpaired) electrons. The Morgan fingerprint density at radius 2 is 1.96 bits per heavy atom. The lowest BCUT2D eigenvalue weighted by atomic mass is 10.3. The van der Waals surface area contributed by atoms with E-state index in [2.05, 4.69) is 30.2 Å². The summed E-state index contributed by atoms with van der Waals surface area (Å²) in [7, 11) is 0. The summed E-state index contributed by atoms with van der Waals surface area (Å²) in [5.74, 6) is 1.53. The van der Waals surface area contributed by atoms with E-state index in [-0.39, 0.29) is 0 Å². The third kappa shape index (κ3) is 3.75. The number of pyridine rings is 1. The molecule has 1 fully saturated rings. The van der Waals surface area contributed by atoms with Crippen LogP contribution in [0.15, 0.2) is 36.1 Å². The second kappa shape index (κ2) is 7.12. The number of hydrogen-bond donors (Lipinski definition) is 1. The fraction of sp³-hybridized carbons (Fsp3) is 0.294. The molecule has 1 aliphatic heterocycles. The van der Waals surface area contributed by atoms with E-state index in [0.29, 0.717) is 0 Å². The topological polar surface area (TPSA) is 76.1 Å². The Bertz CT molecular complexity index is 844. The van der Waals surface area contributed by atoms with Gasteiger partial charge in [0.15, 0.2) is 5.13 Å². The van der Waals surface area contributed by atoms with Gasteiger partial charge in [0.05, 0.1) is 18.9 Å². The summed E-state index contributed by atoms with van der Waals surface area (Å²) in [6.45, 7) is 5.20. The van der Waals surface area contributed by atoms with Gasteiger partial charge in [-0.25, -0.2) is 19.9 Å². The number of hydrogen-bond acceptors (Lipinski definition) is 8. The molecular formula is C17H18N6OS. The Morgan fingerprint density at radius 1 is 1.16 bits per heavy atom. The monoisotopic (exact) mass is 354 g/mol. The normalized spacial score (nSPS) is 14.5. The first-order chi connectivity index (χ1) is 12.3. The van der Waals surface area contributed by atoms with Gasteiger partial charge in [-0.15, -0.1) is 11.3 Å². The molecule has 8 heteroatoms. The van der Waals surface area contributed by atoms with E-state index >= 15 is 0 Å². The average Bonchev–Trinajstić information content (AvgIpc) is 3.12. The minimum atomic E-state index is 0.751. The summed E-state index contributed by atoms with van der Waals surface area (Å²) in [6.07, 6.45) is 5.40. The molecule has 3 aromatic heterocycles. The number of morpholine rings is 1. The highest BCUT2D eigenvalue weighted by atomic mass is 32.1. The van der Waals surface area contributed by atoms with Gasteiger partial charge >= 0.3 is 0 Å². The van der Waals surface area contributed by atoms with Crippen LogP contribution in [0.2, 0.25) is 0 Å². The quantitative estimate of drug-likeness (QED) is 0.772. The maximum absolute atomic E-state index is 5.41. The smallest absolute Gasteiger partial charge is 0.188 e. The molecule has 25 heavy (non-hydrogen) atoms. The van der Waals surface area contributed by atoms with E-state index in [9.17, 15) is 0 Å². The largest absolute Gasteiger partial charge is 0.378 e. The molecule has 1 saturated heterocycles. The molecule has 4 heterocycles. The summed E-state index contributed by atoms with van der Waals surface area (Å²) in [5.41, 5.74) is 2.91. The highest BCUT2D eigenvalue weighted by Gasteiger charge is 2.12. The molecular weight excluding hydrogens is 336 g/mol. The number of aromatic nitrogens is 4. The van der Waals surface area contributed by atoms with Crippen molar-refractivity contribution in [3.8, 4) is 11.3 Å². The minimum absolute atomic E-state index is 0.751. The molecule has 0 amide bonds. The maximum atomic E-state index is 5.41. The van der Waals surface area contributed by atoms with Gasteiger partial charge in [0.25, 0.3) is 0 Å². The number of aryl methyl sites for hydroxylation is 1. The van der Waals surface area contributed by atoms with Gasteiger partial charge in [-0.1, -0.05) is 0 Å². The Morgan fingerprint density at radius 3 is 2.76 bits per heavy atom. The lowest BCUT2D eigenvalue weighted by Crippen LogP contribution is -2.36. The minimum Gasteiger partial charge on any atom is -0.378 e. The molecule has 0 unspecified atom stereocenters. The van der Waals surface area contributed by atoms with Crippen LogP contribution in [-0.2, 0) is 4.74 Å². The Hall–Kier alpha value is -2.58. The van der Waals surface area contributed by atoms with Gasteiger partial charge < -0.3 is 15.0 Å². The number of ether oxygens (including phenoxy) is 1. The van der Waals surface area contributed by atoms with Crippen LogP contribution in [0.25, 0.3) is 11.3 Å². The van der Waals surface area contributed by atoms with Crippen LogP contribution >= 0.6 is 11.3 Å². The first-order valence-electron chi connectivity index (χ1n) is 8.08. The van der Waals surface area contributed by atoms with E-state index in [1.54, 1.807) is 12.4 Å². The molecule has 0 saturated carbocycles. The Kier molecular flexibility index (Phi) is 4.53. The maximum Gasteiger partial charge on any atom is 0.188 e. The molecule has 128 valence electrons. The van der Waals surface area contributed by atoms with Gasteiger partial charge in [0, 0.05) is 54.4 Å². The zero-order chi connectivity index (χ0) is 17.1. The highest BCUT2D eigenvalue weighted by molar-refractivity contribution is 7.14. The zero-order valence-corrected chi connectivity index (χ0v) is 14.7. The van der Waals surface area contributed by atoms with E-state index in [4.69, 9.17) is 4.74 Å². The molecule has 1 N–H and O–H groups in total. The molecule has 0 atom stereocenters. The van der Waals surface area contributed by atoms with Crippen molar-refractivity contribution in [2.24, 2.45) is 0 Å². The van der Waals surface area contributed by atoms with Gasteiger partial charge in [0.1, 0.15) is 11.6 Å². The van der Waals surface area contributed by atoms with E-state index in [1.807, 2.05) is 30.6 Å². The van der Waals surface area contributed by atoms with Crippen molar-refractivity contribution in [3.63, 3.8) is 0 Å². The van der Waals surface area contributed by atoms with Crippen LogP contribution in [0.1, 0.15) is 5.82 Å². The van der Waals surface area contributed by atoms with Crippen LogP contribution in [0, 0.1) is 6.92 Å². The fourth-order valence-corrected chi connectivity index (χ4v) is 3.33. The third-order valence-electron chi connectivity index (χ3n) is 3.94. The predicted molar refractivity (Wildman–Crippen MR) is 98.4 cm³/mol. The first-order valence-corrected chi connectivity index (χ1v) is 8.96. The number of nitrogens with one attached hydrogen (secondary N) is 1. The van der Waals surface area contributed by atoms with Crippen molar-refractivity contribution in [1.82, 2.24) is 19.9 Å². The van der Waals surface area contributed by atoms with E-state index in [1.165, 1.54) is 11.3 Å². The predicted octanol–water partition coefficient (Wildman–Crippen LogP) is 2.88. The van der Waals surface area contributed by atoms with Crippen LogP contribution < -0.4 is 10.2 Å². The van der Waals surface area contributed by atoms with Crippen LogP contribution in [-0.4, -0.2) is 46.2 Å². The average molecular weight is 354 g/mol. The molecule has 0 bridgehead atoms. The lowest BCUT2D eigenvalue weighted by Gasteiger charge is -2.28. The van der Waals surface area contributed by atoms with Crippen molar-refractivity contribution in [3.05, 3.63) is 41.9 Å². The standard InChI is InChI=1S/C17H18N6OS/c1-12-19-9-13(10-20-12)15-11-25-17(21-15)22-16-8-14(2-3-18-16)23-4-6-24-7-5-23/h2-3,8-11H,4-7H2,1H3,(H,18,21,22). The van der Waals surface area contributed by atoms with Crippen molar-refractivity contribution < 1.29 is 4.74 Å². The fourth-order valence-electron chi connectivity index (χ4n) is 2.60. The van der Waals surface area contributed by atoms with Gasteiger partial charge in [-0.2, -0.15) is 0 Å². The number of rotatable bonds is 4. The summed E-state index contributed by atoms with van der Waals surface area (Å²) in [4.78, 5) is 19.7. The molecule has 7 nitrogen and oxygen atoms in total. The highest BCUT2D eigenvalue weighted by Crippen LogP contribution is 2.27.